The molecule has 0 aromatic heterocycles. The Bertz CT molecular complexity index is 422. The highest BCUT2D eigenvalue weighted by Gasteiger charge is 1.99. The van der Waals surface area contributed by atoms with E-state index >= 15 is 0 Å². The lowest BCUT2D eigenvalue weighted by atomic mass is 10.2. The topological polar surface area (TPSA) is 26.3 Å². The summed E-state index contributed by atoms with van der Waals surface area (Å²) in [4.78, 5) is 11.0. The van der Waals surface area contributed by atoms with Crippen LogP contribution in [0.1, 0.15) is 12.5 Å². The first-order valence-electron chi connectivity index (χ1n) is 4.84. The third-order valence-corrected chi connectivity index (χ3v) is 2.05. The molecule has 0 bridgehead atoms. The third kappa shape index (κ3) is 4.32. The molecule has 2 nitrogen and oxygen atoms in total. The maximum absolute atomic E-state index is 11.0. The molecule has 1 aromatic rings. The highest BCUT2D eigenvalue weighted by atomic mass is 35.5. The van der Waals surface area contributed by atoms with Crippen molar-refractivity contribution in [1.82, 2.24) is 0 Å². The van der Waals surface area contributed by atoms with Crippen molar-refractivity contribution in [3.05, 3.63) is 53.1 Å². The van der Waals surface area contributed by atoms with E-state index in [1.165, 1.54) is 0 Å². The zero-order valence-electron chi connectivity index (χ0n) is 9.07. The molecule has 0 unspecified atom stereocenters. The van der Waals surface area contributed by atoms with E-state index in [0.29, 0.717) is 10.6 Å². The van der Waals surface area contributed by atoms with Gasteiger partial charge in [0.05, 0.1) is 0 Å². The van der Waals surface area contributed by atoms with Crippen LogP contribution in [0, 0.1) is 0 Å². The third-order valence-electron chi connectivity index (χ3n) is 1.82. The van der Waals surface area contributed by atoms with Crippen LogP contribution in [0.5, 0.6) is 0 Å². The van der Waals surface area contributed by atoms with Gasteiger partial charge in [-0.3, -0.25) is 0 Å². The van der Waals surface area contributed by atoms with Crippen LogP contribution in [-0.2, 0) is 9.53 Å². The number of hydrogen-bond acceptors (Lipinski definition) is 2. The van der Waals surface area contributed by atoms with Crippen LogP contribution in [0.2, 0.25) is 5.02 Å². The molecule has 1 aromatic carbocycles. The molecule has 0 N–H and O–H groups in total. The summed E-state index contributed by atoms with van der Waals surface area (Å²) in [5, 5.41) is 0.682. The van der Waals surface area contributed by atoms with Crippen molar-refractivity contribution in [2.45, 2.75) is 6.92 Å². The normalized spacial score (nSPS) is 10.4. The van der Waals surface area contributed by atoms with E-state index in [9.17, 15) is 4.79 Å². The van der Waals surface area contributed by atoms with Crippen LogP contribution in [0.25, 0.3) is 6.08 Å². The first kappa shape index (κ1) is 12.5. The number of esters is 1. The summed E-state index contributed by atoms with van der Waals surface area (Å²) >= 11 is 5.82. The molecule has 0 aliphatic carbocycles. The number of hydrogen-bond donors (Lipinski definition) is 0. The van der Waals surface area contributed by atoms with Crippen molar-refractivity contribution in [1.29, 1.82) is 0 Å². The van der Waals surface area contributed by atoms with E-state index in [4.69, 9.17) is 16.3 Å². The summed E-state index contributed by atoms with van der Waals surface area (Å²) in [7, 11) is 0. The molecule has 0 saturated heterocycles. The van der Waals surface area contributed by atoms with Gasteiger partial charge in [0.15, 0.2) is 0 Å². The fourth-order valence-corrected chi connectivity index (χ4v) is 1.24. The van der Waals surface area contributed by atoms with Gasteiger partial charge in [-0.25, -0.2) is 4.79 Å². The summed E-state index contributed by atoms with van der Waals surface area (Å²) in [5.41, 5.74) is 1.37. The minimum atomic E-state index is -0.379. The molecular formula is C13H13ClO2. The molecule has 84 valence electrons. The monoisotopic (exact) mass is 236 g/mol. The van der Waals surface area contributed by atoms with Crippen molar-refractivity contribution in [3.8, 4) is 0 Å². The standard InChI is InChI=1S/C13H13ClO2/c1-10(2)13(15)16-8-4-6-11-5-3-7-12(14)9-11/h3-7,9H,1,8H2,2H3/b6-4+. The van der Waals surface area contributed by atoms with Gasteiger partial charge in [-0.05, 0) is 30.7 Å². The van der Waals surface area contributed by atoms with Gasteiger partial charge in [-0.1, -0.05) is 36.4 Å². The Morgan fingerprint density at radius 1 is 1.56 bits per heavy atom. The van der Waals surface area contributed by atoms with Crippen molar-refractivity contribution in [2.24, 2.45) is 0 Å². The SMILES string of the molecule is C=C(C)C(=O)OC/C=C/c1cccc(Cl)c1. The maximum Gasteiger partial charge on any atom is 0.333 e. The molecule has 0 saturated carbocycles. The molecule has 0 heterocycles. The highest BCUT2D eigenvalue weighted by Crippen LogP contribution is 2.11. The molecule has 0 atom stereocenters. The molecule has 0 aliphatic rings. The lowest BCUT2D eigenvalue weighted by molar-refractivity contribution is -0.137. The van der Waals surface area contributed by atoms with E-state index in [2.05, 4.69) is 6.58 Å². The van der Waals surface area contributed by atoms with Gasteiger partial charge in [0.2, 0.25) is 0 Å². The van der Waals surface area contributed by atoms with E-state index in [1.807, 2.05) is 24.3 Å². The van der Waals surface area contributed by atoms with Crippen LogP contribution in [0.3, 0.4) is 0 Å². The summed E-state index contributed by atoms with van der Waals surface area (Å²) in [6.07, 6.45) is 3.60. The average molecular weight is 237 g/mol. The van der Waals surface area contributed by atoms with E-state index in [-0.39, 0.29) is 12.6 Å². The number of benzene rings is 1. The van der Waals surface area contributed by atoms with Gasteiger partial charge in [-0.2, -0.15) is 0 Å². The number of carbonyl (C=O) groups excluding carboxylic acids is 1. The second kappa shape index (κ2) is 6.13. The van der Waals surface area contributed by atoms with Crippen LogP contribution < -0.4 is 0 Å². The average Bonchev–Trinajstić information content (AvgIpc) is 2.24. The first-order valence-corrected chi connectivity index (χ1v) is 5.22. The molecular weight excluding hydrogens is 224 g/mol. The first-order chi connectivity index (χ1) is 7.59. The molecule has 1 rings (SSSR count). The maximum atomic E-state index is 11.0. The second-order valence-electron chi connectivity index (χ2n) is 3.34. The van der Waals surface area contributed by atoms with Crippen molar-refractivity contribution in [2.75, 3.05) is 6.61 Å². The smallest absolute Gasteiger partial charge is 0.333 e. The van der Waals surface area contributed by atoms with Crippen LogP contribution in [0.15, 0.2) is 42.5 Å². The van der Waals surface area contributed by atoms with E-state index in [1.54, 1.807) is 19.1 Å². The highest BCUT2D eigenvalue weighted by molar-refractivity contribution is 6.30. The zero-order valence-corrected chi connectivity index (χ0v) is 9.83. The molecule has 3 heteroatoms. The van der Waals surface area contributed by atoms with Crippen molar-refractivity contribution >= 4 is 23.6 Å². The van der Waals surface area contributed by atoms with E-state index in [0.717, 1.165) is 5.56 Å². The van der Waals surface area contributed by atoms with Crippen LogP contribution in [0.4, 0.5) is 0 Å². The Kier molecular flexibility index (Phi) is 4.80. The lowest BCUT2D eigenvalue weighted by Crippen LogP contribution is -2.04. The minimum absolute atomic E-state index is 0.234. The Hall–Kier alpha value is -1.54. The molecule has 0 spiro atoms. The fraction of sp³-hybridized carbons (Fsp3) is 0.154. The quantitative estimate of drug-likeness (QED) is 0.591. The predicted molar refractivity (Wildman–Crippen MR) is 66.3 cm³/mol. The number of halogens is 1. The van der Waals surface area contributed by atoms with Crippen molar-refractivity contribution in [3.63, 3.8) is 0 Å². The largest absolute Gasteiger partial charge is 0.458 e. The Morgan fingerprint density at radius 2 is 2.31 bits per heavy atom. The van der Waals surface area contributed by atoms with Gasteiger partial charge in [0.25, 0.3) is 0 Å². The molecule has 0 fully saturated rings. The fourth-order valence-electron chi connectivity index (χ4n) is 1.04. The number of carbonyl (C=O) groups is 1. The second-order valence-corrected chi connectivity index (χ2v) is 3.77. The molecule has 0 aliphatic heterocycles. The zero-order chi connectivity index (χ0) is 12.0. The number of rotatable bonds is 4. The number of ether oxygens (including phenoxy) is 1. The predicted octanol–water partition coefficient (Wildman–Crippen LogP) is 3.47. The summed E-state index contributed by atoms with van der Waals surface area (Å²) in [6, 6.07) is 7.42. The van der Waals surface area contributed by atoms with Gasteiger partial charge in [-0.15, -0.1) is 0 Å². The van der Waals surface area contributed by atoms with Gasteiger partial charge in [0.1, 0.15) is 6.61 Å². The minimum Gasteiger partial charge on any atom is -0.458 e. The van der Waals surface area contributed by atoms with Crippen molar-refractivity contribution < 1.29 is 9.53 Å². The van der Waals surface area contributed by atoms with Crippen LogP contribution in [-0.4, -0.2) is 12.6 Å². The molecule has 0 amide bonds. The molecule has 0 radical (unpaired) electrons. The van der Waals surface area contributed by atoms with E-state index < -0.39 is 0 Å². The Balaban J connectivity index is 2.44. The van der Waals surface area contributed by atoms with Crippen LogP contribution >= 0.6 is 11.6 Å². The van der Waals surface area contributed by atoms with Gasteiger partial charge < -0.3 is 4.74 Å². The van der Waals surface area contributed by atoms with Gasteiger partial charge >= 0.3 is 5.97 Å². The Morgan fingerprint density at radius 3 is 2.94 bits per heavy atom. The lowest BCUT2D eigenvalue weighted by Gasteiger charge is -1.99. The Labute approximate surface area is 100 Å². The van der Waals surface area contributed by atoms with Gasteiger partial charge in [0, 0.05) is 10.6 Å². The summed E-state index contributed by atoms with van der Waals surface area (Å²) < 4.78 is 4.90. The summed E-state index contributed by atoms with van der Waals surface area (Å²) in [5.74, 6) is -0.379. The summed E-state index contributed by atoms with van der Waals surface area (Å²) in [6.45, 7) is 5.34. The molecule has 16 heavy (non-hydrogen) atoms.